The summed E-state index contributed by atoms with van der Waals surface area (Å²) in [4.78, 5) is 17.1. The molecule has 0 unspecified atom stereocenters. The van der Waals surface area contributed by atoms with Gasteiger partial charge in [0.2, 0.25) is 10.0 Å². The van der Waals surface area contributed by atoms with Crippen LogP contribution in [-0.2, 0) is 21.8 Å². The molecule has 11 heteroatoms. The Morgan fingerprint density at radius 1 is 1.29 bits per heavy atom. The Kier molecular flexibility index (Phi) is 5.15. The van der Waals surface area contributed by atoms with Crippen molar-refractivity contribution >= 4 is 54.2 Å². The van der Waals surface area contributed by atoms with Crippen LogP contribution in [0.1, 0.15) is 10.5 Å². The highest BCUT2D eigenvalue weighted by Crippen LogP contribution is 2.29. The monoisotopic (exact) mass is 440 g/mol. The van der Waals surface area contributed by atoms with Crippen molar-refractivity contribution in [3.05, 3.63) is 41.2 Å². The van der Waals surface area contributed by atoms with Crippen molar-refractivity contribution < 1.29 is 17.9 Å². The summed E-state index contributed by atoms with van der Waals surface area (Å²) in [7, 11) is -2.04. The van der Waals surface area contributed by atoms with Gasteiger partial charge in [-0.15, -0.1) is 0 Å². The summed E-state index contributed by atoms with van der Waals surface area (Å²) in [5.74, 6) is -0.434. The predicted molar refractivity (Wildman–Crippen MR) is 108 cm³/mol. The number of carbonyl (C=O) groups is 1. The van der Waals surface area contributed by atoms with E-state index in [1.807, 2.05) is 0 Å². The molecule has 1 N–H and O–H groups in total. The van der Waals surface area contributed by atoms with Crippen molar-refractivity contribution in [2.75, 3.05) is 31.6 Å². The fourth-order valence-corrected chi connectivity index (χ4v) is 5.57. The fraction of sp³-hybridized carbons (Fsp3) is 0.294. The molecule has 1 saturated heterocycles. The van der Waals surface area contributed by atoms with E-state index in [1.165, 1.54) is 32.5 Å². The molecule has 1 aliphatic heterocycles. The number of thiazole rings is 1. The molecule has 1 aliphatic rings. The number of halogens is 1. The lowest BCUT2D eigenvalue weighted by atomic mass is 10.3. The maximum atomic E-state index is 12.8. The second-order valence-electron chi connectivity index (χ2n) is 6.27. The minimum Gasteiger partial charge on any atom is -0.379 e. The number of fused-ring (bicyclic) bond motifs is 1. The lowest BCUT2D eigenvalue weighted by Gasteiger charge is -2.25. The Bertz CT molecular complexity index is 1150. The molecule has 1 aromatic carbocycles. The van der Waals surface area contributed by atoms with Crippen molar-refractivity contribution in [1.29, 1.82) is 0 Å². The summed E-state index contributed by atoms with van der Waals surface area (Å²) in [5.41, 5.74) is 0.955. The van der Waals surface area contributed by atoms with Crippen LogP contribution >= 0.6 is 22.9 Å². The third kappa shape index (κ3) is 3.65. The highest BCUT2D eigenvalue weighted by atomic mass is 35.5. The average Bonchev–Trinajstić information content (AvgIpc) is 3.25. The Morgan fingerprint density at radius 3 is 2.79 bits per heavy atom. The van der Waals surface area contributed by atoms with Gasteiger partial charge in [-0.05, 0) is 24.3 Å². The van der Waals surface area contributed by atoms with E-state index in [1.54, 1.807) is 25.2 Å². The second kappa shape index (κ2) is 7.45. The van der Waals surface area contributed by atoms with Gasteiger partial charge in [-0.3, -0.25) is 10.1 Å². The lowest BCUT2D eigenvalue weighted by Crippen LogP contribution is -2.40. The third-order valence-electron chi connectivity index (χ3n) is 4.39. The van der Waals surface area contributed by atoms with Crippen molar-refractivity contribution in [1.82, 2.24) is 13.9 Å². The zero-order valence-corrected chi connectivity index (χ0v) is 17.3. The van der Waals surface area contributed by atoms with Crippen LogP contribution in [0.25, 0.3) is 10.2 Å². The van der Waals surface area contributed by atoms with Gasteiger partial charge in [0, 0.05) is 31.4 Å². The largest absolute Gasteiger partial charge is 0.379 e. The number of aryl methyl sites for hydroxylation is 1. The normalized spacial score (nSPS) is 15.8. The van der Waals surface area contributed by atoms with Crippen LogP contribution in [0.2, 0.25) is 5.02 Å². The standard InChI is InChI=1S/C17H17ClN4O4S2/c1-21-10-12(28(24,25)22-4-6-26-7-5-22)9-14(21)16(23)20-17-19-13-3-2-11(18)8-15(13)27-17/h2-3,8-10H,4-7H2,1H3,(H,19,20,23). The molecule has 3 aromatic rings. The van der Waals surface area contributed by atoms with Gasteiger partial charge >= 0.3 is 0 Å². The van der Waals surface area contributed by atoms with E-state index < -0.39 is 15.9 Å². The summed E-state index contributed by atoms with van der Waals surface area (Å²) in [6.45, 7) is 1.32. The molecule has 0 aliphatic carbocycles. The fourth-order valence-electron chi connectivity index (χ4n) is 2.95. The summed E-state index contributed by atoms with van der Waals surface area (Å²) >= 11 is 7.28. The number of hydrogen-bond donors (Lipinski definition) is 1. The number of amides is 1. The number of nitrogens with one attached hydrogen (secondary N) is 1. The molecule has 0 spiro atoms. The van der Waals surface area contributed by atoms with Crippen molar-refractivity contribution in [3.63, 3.8) is 0 Å². The molecule has 3 heterocycles. The van der Waals surface area contributed by atoms with Gasteiger partial charge in [0.1, 0.15) is 10.6 Å². The summed E-state index contributed by atoms with van der Waals surface area (Å²) in [6.07, 6.45) is 1.44. The van der Waals surface area contributed by atoms with E-state index in [2.05, 4.69) is 10.3 Å². The summed E-state index contributed by atoms with van der Waals surface area (Å²) < 4.78 is 34.5. The molecule has 148 valence electrons. The maximum Gasteiger partial charge on any atom is 0.274 e. The second-order valence-corrected chi connectivity index (χ2v) is 9.68. The predicted octanol–water partition coefficient (Wildman–Crippen LogP) is 2.56. The van der Waals surface area contributed by atoms with E-state index in [4.69, 9.17) is 16.3 Å². The molecule has 28 heavy (non-hydrogen) atoms. The van der Waals surface area contributed by atoms with E-state index >= 15 is 0 Å². The van der Waals surface area contributed by atoms with Crippen LogP contribution in [0, 0.1) is 0 Å². The molecule has 4 rings (SSSR count). The first-order chi connectivity index (χ1) is 13.3. The van der Waals surface area contributed by atoms with Crippen LogP contribution in [0.5, 0.6) is 0 Å². The van der Waals surface area contributed by atoms with Crippen molar-refractivity contribution in [2.24, 2.45) is 7.05 Å². The van der Waals surface area contributed by atoms with Crippen LogP contribution in [-0.4, -0.2) is 54.5 Å². The molecule has 1 fully saturated rings. The van der Waals surface area contributed by atoms with Crippen LogP contribution < -0.4 is 5.32 Å². The van der Waals surface area contributed by atoms with Crippen molar-refractivity contribution in [2.45, 2.75) is 4.90 Å². The Hall–Kier alpha value is -1.98. The summed E-state index contributed by atoms with van der Waals surface area (Å²) in [5, 5.41) is 3.74. The van der Waals surface area contributed by atoms with Gasteiger partial charge in [-0.2, -0.15) is 4.31 Å². The van der Waals surface area contributed by atoms with Gasteiger partial charge in [-0.1, -0.05) is 22.9 Å². The van der Waals surface area contributed by atoms with Gasteiger partial charge in [0.25, 0.3) is 5.91 Å². The van der Waals surface area contributed by atoms with E-state index in [9.17, 15) is 13.2 Å². The molecule has 2 aromatic heterocycles. The highest BCUT2D eigenvalue weighted by Gasteiger charge is 2.29. The number of sulfonamides is 1. The number of carbonyl (C=O) groups excluding carboxylic acids is 1. The third-order valence-corrected chi connectivity index (χ3v) is 7.42. The number of aromatic nitrogens is 2. The molecule has 0 saturated carbocycles. The lowest BCUT2D eigenvalue weighted by molar-refractivity contribution is 0.0730. The number of nitrogens with zero attached hydrogens (tertiary/aromatic N) is 3. The van der Waals surface area contributed by atoms with Gasteiger partial charge in [0.15, 0.2) is 5.13 Å². The molecule has 8 nitrogen and oxygen atoms in total. The zero-order chi connectivity index (χ0) is 19.9. The number of hydrogen-bond acceptors (Lipinski definition) is 6. The Morgan fingerprint density at radius 2 is 2.04 bits per heavy atom. The quantitative estimate of drug-likeness (QED) is 0.673. The topological polar surface area (TPSA) is 93.5 Å². The van der Waals surface area contributed by atoms with Gasteiger partial charge in [-0.25, -0.2) is 13.4 Å². The smallest absolute Gasteiger partial charge is 0.274 e. The SMILES string of the molecule is Cn1cc(S(=O)(=O)N2CCOCC2)cc1C(=O)Nc1nc2ccc(Cl)cc2s1. The number of ether oxygens (including phenoxy) is 1. The summed E-state index contributed by atoms with van der Waals surface area (Å²) in [6, 6.07) is 6.67. The first-order valence-electron chi connectivity index (χ1n) is 8.46. The van der Waals surface area contributed by atoms with Crippen LogP contribution in [0.3, 0.4) is 0 Å². The highest BCUT2D eigenvalue weighted by molar-refractivity contribution is 7.89. The van der Waals surface area contributed by atoms with E-state index in [0.29, 0.717) is 36.5 Å². The Labute approximate surface area is 170 Å². The van der Waals surface area contributed by atoms with E-state index in [0.717, 1.165) is 10.2 Å². The molecule has 1 amide bonds. The first kappa shape index (κ1) is 19.3. The molecule has 0 atom stereocenters. The van der Waals surface area contributed by atoms with Crippen LogP contribution in [0.4, 0.5) is 5.13 Å². The molecule has 0 bridgehead atoms. The number of anilines is 1. The minimum absolute atomic E-state index is 0.0816. The Balaban J connectivity index is 1.57. The van der Waals surface area contributed by atoms with E-state index in [-0.39, 0.29) is 10.6 Å². The first-order valence-corrected chi connectivity index (χ1v) is 11.1. The zero-order valence-electron chi connectivity index (χ0n) is 14.9. The molecule has 0 radical (unpaired) electrons. The maximum absolute atomic E-state index is 12.8. The number of morpholine rings is 1. The van der Waals surface area contributed by atoms with Gasteiger partial charge in [0.05, 0.1) is 23.4 Å². The number of rotatable bonds is 4. The minimum atomic E-state index is -3.67. The average molecular weight is 441 g/mol. The van der Waals surface area contributed by atoms with Gasteiger partial charge < -0.3 is 9.30 Å². The molecular weight excluding hydrogens is 424 g/mol. The van der Waals surface area contributed by atoms with Crippen molar-refractivity contribution in [3.8, 4) is 0 Å². The van der Waals surface area contributed by atoms with Crippen LogP contribution in [0.15, 0.2) is 35.4 Å². The molecular formula is C17H17ClN4O4S2. The number of benzene rings is 1.